The first-order chi connectivity index (χ1) is 22.8. The number of ketones is 2. The normalized spacial score (nSPS) is 15.1. The van der Waals surface area contributed by atoms with Gasteiger partial charge in [-0.1, -0.05) is 11.6 Å². The molecule has 2 aromatic heterocycles. The van der Waals surface area contributed by atoms with Crippen molar-refractivity contribution in [2.75, 3.05) is 43.4 Å². The van der Waals surface area contributed by atoms with E-state index in [1.54, 1.807) is 23.4 Å². The molecule has 14 nitrogen and oxygen atoms in total. The monoisotopic (exact) mass is 738 g/mol. The second-order valence-electron chi connectivity index (χ2n) is 10.3. The summed E-state index contributed by atoms with van der Waals surface area (Å²) < 4.78 is 97.1. The highest BCUT2D eigenvalue weighted by molar-refractivity contribution is 7.86. The molecule has 2 aliphatic heterocycles. The molecule has 3 aromatic rings. The molecule has 0 atom stereocenters. The number of benzene rings is 1. The largest absolute Gasteiger partial charge is 0.483 e. The van der Waals surface area contributed by atoms with E-state index in [-0.39, 0.29) is 38.7 Å². The average molecular weight is 739 g/mol. The number of nitrogens with zero attached hydrogens (tertiary/aromatic N) is 5. The van der Waals surface area contributed by atoms with Gasteiger partial charge in [0.2, 0.25) is 5.95 Å². The minimum Gasteiger partial charge on any atom is -0.483 e. The number of anilines is 4. The second-order valence-corrected chi connectivity index (χ2v) is 12.3. The molecule has 22 heteroatoms. The molecule has 1 amide bonds. The van der Waals surface area contributed by atoms with E-state index >= 15 is 0 Å². The van der Waals surface area contributed by atoms with Gasteiger partial charge in [-0.05, 0) is 48.2 Å². The summed E-state index contributed by atoms with van der Waals surface area (Å²) in [5.74, 6) is -5.64. The number of carbonyl (C=O) groups is 3. The van der Waals surface area contributed by atoms with Crippen LogP contribution in [0.15, 0.2) is 42.9 Å². The van der Waals surface area contributed by atoms with Crippen LogP contribution in [-0.2, 0) is 37.4 Å². The zero-order valence-corrected chi connectivity index (χ0v) is 26.4. The number of alkyl halides is 6. The van der Waals surface area contributed by atoms with Crippen LogP contribution >= 0.6 is 11.6 Å². The van der Waals surface area contributed by atoms with Crippen molar-refractivity contribution in [3.05, 3.63) is 59.0 Å². The maximum atomic E-state index is 12.8. The van der Waals surface area contributed by atoms with Crippen molar-refractivity contribution in [1.29, 1.82) is 0 Å². The molecule has 49 heavy (non-hydrogen) atoms. The van der Waals surface area contributed by atoms with Crippen LogP contribution in [0, 0.1) is 0 Å². The van der Waals surface area contributed by atoms with Gasteiger partial charge in [0.25, 0.3) is 16.1 Å². The Morgan fingerprint density at radius 2 is 1.55 bits per heavy atom. The molecule has 6 bridgehead atoms. The number of hydrogen-bond donors (Lipinski definition) is 3. The summed E-state index contributed by atoms with van der Waals surface area (Å²) in [5, 5.41) is 11.9. The standard InChI is InChI=1S/C23H25ClN8O4S.C4F6O2/c24-19-13-27-23-29-18-9-15(11-26-12-18)1-2-16-10-17(28-22(19)30-23)3-4-20(16)36-14-21(33)31-5-7-32(8-6-31)37(25,34)35;5-3(6,7)1(11)2(12)4(8,9)10/h3-4,9-13H,1-2,5-8,14H2,(H2,25,34,35)(H2,27,28,29,30);. The highest BCUT2D eigenvalue weighted by Crippen LogP contribution is 2.30. The van der Waals surface area contributed by atoms with E-state index in [1.165, 1.54) is 6.20 Å². The number of carbonyl (C=O) groups excluding carboxylic acids is 3. The van der Waals surface area contributed by atoms with Crippen LogP contribution in [0.1, 0.15) is 11.1 Å². The van der Waals surface area contributed by atoms with Gasteiger partial charge in [0.05, 0.1) is 18.1 Å². The average Bonchev–Trinajstić information content (AvgIpc) is 3.03. The van der Waals surface area contributed by atoms with Crippen molar-refractivity contribution < 1.29 is 53.9 Å². The molecular weight excluding hydrogens is 714 g/mol. The first-order valence-electron chi connectivity index (χ1n) is 13.9. The number of aromatic nitrogens is 3. The van der Waals surface area contributed by atoms with E-state index in [0.717, 1.165) is 26.8 Å². The van der Waals surface area contributed by atoms with Crippen molar-refractivity contribution in [1.82, 2.24) is 24.2 Å². The van der Waals surface area contributed by atoms with Gasteiger partial charge in [0.15, 0.2) is 12.4 Å². The van der Waals surface area contributed by atoms with Gasteiger partial charge in [-0.25, -0.2) is 10.1 Å². The Bertz CT molecular complexity index is 1810. The van der Waals surface area contributed by atoms with Crippen molar-refractivity contribution in [2.45, 2.75) is 25.2 Å². The summed E-state index contributed by atoms with van der Waals surface area (Å²) in [5.41, 5.74) is 3.40. The fourth-order valence-electron chi connectivity index (χ4n) is 4.43. The van der Waals surface area contributed by atoms with Gasteiger partial charge in [-0.15, -0.1) is 0 Å². The first-order valence-corrected chi connectivity index (χ1v) is 15.7. The lowest BCUT2D eigenvalue weighted by Gasteiger charge is -2.32. The Morgan fingerprint density at radius 3 is 2.16 bits per heavy atom. The number of rotatable bonds is 5. The van der Waals surface area contributed by atoms with Crippen LogP contribution < -0.4 is 20.5 Å². The molecule has 1 saturated heterocycles. The third-order valence-corrected chi connectivity index (χ3v) is 8.19. The molecule has 0 unspecified atom stereocenters. The lowest BCUT2D eigenvalue weighted by atomic mass is 10.0. The van der Waals surface area contributed by atoms with Gasteiger partial charge in [0.1, 0.15) is 10.8 Å². The fraction of sp³-hybridized carbons (Fsp3) is 0.333. The topological polar surface area (TPSA) is 190 Å². The highest BCUT2D eigenvalue weighted by Gasteiger charge is 2.54. The molecule has 264 valence electrons. The summed E-state index contributed by atoms with van der Waals surface area (Å²) in [7, 11) is -3.76. The minimum atomic E-state index is -5.77. The first kappa shape index (κ1) is 37.2. The minimum absolute atomic E-state index is 0.158. The Balaban J connectivity index is 0.000000386. The molecule has 4 heterocycles. The molecule has 5 rings (SSSR count). The lowest BCUT2D eigenvalue weighted by Crippen LogP contribution is -2.53. The highest BCUT2D eigenvalue weighted by atomic mass is 35.5. The Morgan fingerprint density at radius 1 is 0.898 bits per heavy atom. The number of ether oxygens (including phenoxy) is 1. The lowest BCUT2D eigenvalue weighted by molar-refractivity contribution is -0.193. The number of nitrogens with two attached hydrogens (primary N) is 1. The van der Waals surface area contributed by atoms with Crippen LogP contribution in [0.2, 0.25) is 5.02 Å². The third kappa shape index (κ3) is 10.2. The van der Waals surface area contributed by atoms with E-state index in [2.05, 4.69) is 25.6 Å². The number of hydrogen-bond acceptors (Lipinski definition) is 11. The van der Waals surface area contributed by atoms with E-state index in [1.807, 2.05) is 18.2 Å². The van der Waals surface area contributed by atoms with Crippen LogP contribution in [0.3, 0.4) is 0 Å². The van der Waals surface area contributed by atoms with Crippen molar-refractivity contribution >= 4 is 62.4 Å². The molecule has 0 aliphatic carbocycles. The Labute approximate surface area is 278 Å². The van der Waals surface area contributed by atoms with Gasteiger partial charge < -0.3 is 20.3 Å². The molecule has 0 spiro atoms. The summed E-state index contributed by atoms with van der Waals surface area (Å²) >= 11 is 6.32. The summed E-state index contributed by atoms with van der Waals surface area (Å²) in [6, 6.07) is 7.53. The van der Waals surface area contributed by atoms with Crippen LogP contribution in [0.25, 0.3) is 0 Å². The maximum Gasteiger partial charge on any atom is 0.458 e. The van der Waals surface area contributed by atoms with Gasteiger partial charge in [-0.2, -0.15) is 44.0 Å². The van der Waals surface area contributed by atoms with Crippen LogP contribution in [0.5, 0.6) is 5.75 Å². The molecule has 0 saturated carbocycles. The fourth-order valence-corrected chi connectivity index (χ4v) is 5.24. The number of Topliss-reactive ketones (excluding diaryl/α,β-unsaturated/α-hetero) is 2. The molecule has 4 N–H and O–H groups in total. The number of halogens is 7. The zero-order valence-electron chi connectivity index (χ0n) is 24.8. The SMILES string of the molecule is NS(=O)(=O)N1CCN(C(=O)COc2ccc3cc2CCc2cncc(c2)Nc2ncc(Cl)c(n2)N3)CC1.O=C(C(=O)C(F)(F)F)C(F)(F)F. The molecular formula is C27H25ClF6N8O6S. The van der Waals surface area contributed by atoms with E-state index in [9.17, 15) is 49.1 Å². The number of aryl methyl sites for hydroxylation is 2. The second kappa shape index (κ2) is 14.9. The number of nitrogens with one attached hydrogen (secondary N) is 2. The molecule has 1 fully saturated rings. The maximum absolute atomic E-state index is 12.8. The Hall–Kier alpha value is -4.60. The smallest absolute Gasteiger partial charge is 0.458 e. The van der Waals surface area contributed by atoms with E-state index in [0.29, 0.717) is 35.4 Å². The summed E-state index contributed by atoms with van der Waals surface area (Å²) in [4.78, 5) is 46.6. The quantitative estimate of drug-likeness (QED) is 0.258. The van der Waals surface area contributed by atoms with Crippen molar-refractivity contribution in [3.63, 3.8) is 0 Å². The summed E-state index contributed by atoms with van der Waals surface area (Å²) in [6.07, 6.45) is -5.22. The number of fused-ring (bicyclic) bond motifs is 6. The van der Waals surface area contributed by atoms with Crippen molar-refractivity contribution in [3.8, 4) is 5.75 Å². The van der Waals surface area contributed by atoms with Gasteiger partial charge in [0, 0.05) is 38.1 Å². The van der Waals surface area contributed by atoms with Crippen LogP contribution in [0.4, 0.5) is 49.5 Å². The molecule has 2 aliphatic rings. The van der Waals surface area contributed by atoms with Crippen molar-refractivity contribution in [2.24, 2.45) is 5.14 Å². The number of piperazine rings is 1. The van der Waals surface area contributed by atoms with E-state index < -0.39 is 34.1 Å². The number of amides is 1. The van der Waals surface area contributed by atoms with E-state index in [4.69, 9.17) is 21.5 Å². The van der Waals surface area contributed by atoms with Gasteiger partial charge in [-0.3, -0.25) is 19.4 Å². The summed E-state index contributed by atoms with van der Waals surface area (Å²) in [6.45, 7) is 0.662. The number of pyridine rings is 1. The predicted octanol–water partition coefficient (Wildman–Crippen LogP) is 3.09. The predicted molar refractivity (Wildman–Crippen MR) is 161 cm³/mol. The zero-order chi connectivity index (χ0) is 36.1. The Kier molecular flexibility index (Phi) is 11.3. The van der Waals surface area contributed by atoms with Crippen LogP contribution in [-0.4, -0.2) is 95.2 Å². The molecule has 0 radical (unpaired) electrons. The molecule has 1 aromatic carbocycles. The van der Waals surface area contributed by atoms with Gasteiger partial charge >= 0.3 is 23.9 Å². The third-order valence-electron chi connectivity index (χ3n) is 6.82.